The molecule has 1 aromatic carbocycles. The molecule has 2 fully saturated rings. The number of nitro benzene ring substituents is 2. The van der Waals surface area contributed by atoms with Gasteiger partial charge in [-0.25, -0.2) is 0 Å². The van der Waals surface area contributed by atoms with Crippen molar-refractivity contribution in [1.29, 1.82) is 0 Å². The molecule has 2 aliphatic heterocycles. The van der Waals surface area contributed by atoms with Crippen molar-refractivity contribution in [3.63, 3.8) is 0 Å². The second-order valence-electron chi connectivity index (χ2n) is 6.43. The lowest BCUT2D eigenvalue weighted by Crippen LogP contribution is -2.20. The van der Waals surface area contributed by atoms with Crippen LogP contribution in [-0.2, 0) is 9.47 Å². The highest BCUT2D eigenvalue weighted by molar-refractivity contribution is 5.76. The molecule has 0 bridgehead atoms. The lowest BCUT2D eigenvalue weighted by molar-refractivity contribution is -0.393. The average molecular weight is 366 g/mol. The third-order valence-corrected chi connectivity index (χ3v) is 4.60. The number of hydrogen-bond donors (Lipinski definition) is 2. The molecule has 2 N–H and O–H groups in total. The summed E-state index contributed by atoms with van der Waals surface area (Å²) in [6, 6.07) is 2.43. The van der Waals surface area contributed by atoms with E-state index in [9.17, 15) is 20.2 Å². The highest BCUT2D eigenvalue weighted by Crippen LogP contribution is 2.36. The van der Waals surface area contributed by atoms with E-state index in [1.807, 2.05) is 0 Å². The van der Waals surface area contributed by atoms with Crippen molar-refractivity contribution in [3.05, 3.63) is 32.4 Å². The molecule has 0 amide bonds. The van der Waals surface area contributed by atoms with Crippen LogP contribution in [0.25, 0.3) is 0 Å². The van der Waals surface area contributed by atoms with Gasteiger partial charge in [0, 0.05) is 26.3 Å². The summed E-state index contributed by atoms with van der Waals surface area (Å²) in [4.78, 5) is 21.5. The first-order valence-electron chi connectivity index (χ1n) is 8.72. The van der Waals surface area contributed by atoms with Crippen LogP contribution in [0, 0.1) is 20.2 Å². The van der Waals surface area contributed by atoms with Crippen molar-refractivity contribution < 1.29 is 19.3 Å². The monoisotopic (exact) mass is 366 g/mol. The van der Waals surface area contributed by atoms with Gasteiger partial charge in [0.15, 0.2) is 0 Å². The van der Waals surface area contributed by atoms with Crippen LogP contribution in [0.1, 0.15) is 25.7 Å². The minimum Gasteiger partial charge on any atom is -0.377 e. The number of ether oxygens (including phenoxy) is 2. The Kier molecular flexibility index (Phi) is 5.84. The van der Waals surface area contributed by atoms with Crippen molar-refractivity contribution in [2.45, 2.75) is 37.9 Å². The Balaban J connectivity index is 1.80. The van der Waals surface area contributed by atoms with Crippen LogP contribution in [0.5, 0.6) is 0 Å². The Morgan fingerprint density at radius 2 is 1.35 bits per heavy atom. The Hall–Kier alpha value is -2.46. The zero-order valence-electron chi connectivity index (χ0n) is 14.3. The lowest BCUT2D eigenvalue weighted by atomic mass is 10.1. The van der Waals surface area contributed by atoms with E-state index in [0.29, 0.717) is 26.3 Å². The Labute approximate surface area is 150 Å². The van der Waals surface area contributed by atoms with E-state index in [-0.39, 0.29) is 35.0 Å². The van der Waals surface area contributed by atoms with E-state index < -0.39 is 9.85 Å². The zero-order valence-corrected chi connectivity index (χ0v) is 14.3. The molecule has 0 aromatic heterocycles. The molecule has 0 spiro atoms. The number of rotatable bonds is 8. The fraction of sp³-hybridized carbons (Fsp3) is 0.625. The molecule has 0 unspecified atom stereocenters. The highest BCUT2D eigenvalue weighted by Gasteiger charge is 2.26. The average Bonchev–Trinajstić information content (AvgIpc) is 3.31. The number of hydrogen-bond acceptors (Lipinski definition) is 8. The fourth-order valence-electron chi connectivity index (χ4n) is 3.22. The molecule has 2 aliphatic rings. The first kappa shape index (κ1) is 18.3. The molecule has 2 atom stereocenters. The molecule has 0 aliphatic carbocycles. The Bertz CT molecular complexity index is 618. The van der Waals surface area contributed by atoms with Crippen LogP contribution in [0.2, 0.25) is 0 Å². The summed E-state index contributed by atoms with van der Waals surface area (Å²) < 4.78 is 11.0. The van der Waals surface area contributed by atoms with Gasteiger partial charge in [0.25, 0.3) is 11.4 Å². The Morgan fingerprint density at radius 1 is 0.885 bits per heavy atom. The SMILES string of the molecule is O=[N+]([O-])c1cc([N+](=O)[O-])c(NC[C@@H]2CCCO2)cc1NC[C@H]1CCCO1. The Morgan fingerprint density at radius 3 is 1.69 bits per heavy atom. The van der Waals surface area contributed by atoms with Gasteiger partial charge in [0.1, 0.15) is 11.4 Å². The molecular weight excluding hydrogens is 344 g/mol. The van der Waals surface area contributed by atoms with Crippen molar-refractivity contribution >= 4 is 22.7 Å². The van der Waals surface area contributed by atoms with E-state index in [0.717, 1.165) is 31.7 Å². The van der Waals surface area contributed by atoms with Gasteiger partial charge in [-0.05, 0) is 31.7 Å². The quantitative estimate of drug-likeness (QED) is 0.531. The highest BCUT2D eigenvalue weighted by atomic mass is 16.6. The van der Waals surface area contributed by atoms with Crippen molar-refractivity contribution in [3.8, 4) is 0 Å². The van der Waals surface area contributed by atoms with E-state index in [1.165, 1.54) is 6.07 Å². The minimum atomic E-state index is -0.616. The molecule has 0 saturated carbocycles. The molecule has 10 heteroatoms. The maximum Gasteiger partial charge on any atom is 0.299 e. The van der Waals surface area contributed by atoms with Gasteiger partial charge in [0.2, 0.25) is 0 Å². The van der Waals surface area contributed by atoms with Crippen LogP contribution in [0.15, 0.2) is 12.1 Å². The van der Waals surface area contributed by atoms with E-state index in [2.05, 4.69) is 10.6 Å². The van der Waals surface area contributed by atoms with Crippen LogP contribution in [0.4, 0.5) is 22.7 Å². The second-order valence-corrected chi connectivity index (χ2v) is 6.43. The summed E-state index contributed by atoms with van der Waals surface area (Å²) in [7, 11) is 0. The number of nitro groups is 2. The normalized spacial score (nSPS) is 22.3. The van der Waals surface area contributed by atoms with Crippen LogP contribution < -0.4 is 10.6 Å². The lowest BCUT2D eigenvalue weighted by Gasteiger charge is -2.15. The summed E-state index contributed by atoms with van der Waals surface area (Å²) in [5.74, 6) is 0. The van der Waals surface area contributed by atoms with Crippen LogP contribution >= 0.6 is 0 Å². The van der Waals surface area contributed by atoms with E-state index >= 15 is 0 Å². The fourth-order valence-corrected chi connectivity index (χ4v) is 3.22. The van der Waals surface area contributed by atoms with Gasteiger partial charge < -0.3 is 20.1 Å². The minimum absolute atomic E-state index is 0.00639. The summed E-state index contributed by atoms with van der Waals surface area (Å²) in [5.41, 5.74) is -0.161. The molecule has 1 aromatic rings. The molecular formula is C16H22N4O6. The van der Waals surface area contributed by atoms with Gasteiger partial charge in [-0.15, -0.1) is 0 Å². The molecule has 2 saturated heterocycles. The zero-order chi connectivity index (χ0) is 18.5. The first-order valence-corrected chi connectivity index (χ1v) is 8.72. The molecule has 0 radical (unpaired) electrons. The topological polar surface area (TPSA) is 129 Å². The van der Waals surface area contributed by atoms with Crippen LogP contribution in [0.3, 0.4) is 0 Å². The van der Waals surface area contributed by atoms with E-state index in [4.69, 9.17) is 9.47 Å². The third-order valence-electron chi connectivity index (χ3n) is 4.60. The third kappa shape index (κ3) is 4.38. The first-order chi connectivity index (χ1) is 12.5. The van der Waals surface area contributed by atoms with Crippen LogP contribution in [-0.4, -0.2) is 48.4 Å². The summed E-state index contributed by atoms with van der Waals surface area (Å²) >= 11 is 0. The molecule has 2 heterocycles. The number of nitrogens with one attached hydrogen (secondary N) is 2. The van der Waals surface area contributed by atoms with Gasteiger partial charge in [-0.2, -0.15) is 0 Å². The summed E-state index contributed by atoms with van der Waals surface area (Å²) in [6.45, 7) is 2.21. The molecule has 10 nitrogen and oxygen atoms in total. The molecule has 26 heavy (non-hydrogen) atoms. The number of anilines is 2. The second kappa shape index (κ2) is 8.28. The smallest absolute Gasteiger partial charge is 0.299 e. The van der Waals surface area contributed by atoms with Gasteiger partial charge in [-0.1, -0.05) is 0 Å². The maximum atomic E-state index is 11.3. The predicted octanol–water partition coefficient (Wildman–Crippen LogP) is 2.68. The van der Waals surface area contributed by atoms with Crippen molar-refractivity contribution in [1.82, 2.24) is 0 Å². The van der Waals surface area contributed by atoms with Gasteiger partial charge in [-0.3, -0.25) is 20.2 Å². The predicted molar refractivity (Wildman–Crippen MR) is 94.7 cm³/mol. The van der Waals surface area contributed by atoms with Gasteiger partial charge >= 0.3 is 0 Å². The standard InChI is InChI=1S/C16H22N4O6/c21-19(22)15-8-16(20(23)24)14(18-10-12-4-2-6-26-12)7-13(15)17-9-11-3-1-5-25-11/h7-8,11-12,17-18H,1-6,9-10H2/t11-,12+. The summed E-state index contributed by atoms with van der Waals surface area (Å²) in [5, 5.41) is 28.7. The van der Waals surface area contributed by atoms with Crippen molar-refractivity contribution in [2.24, 2.45) is 0 Å². The van der Waals surface area contributed by atoms with Gasteiger partial charge in [0.05, 0.1) is 28.1 Å². The van der Waals surface area contributed by atoms with E-state index in [1.54, 1.807) is 0 Å². The molecule has 3 rings (SSSR count). The number of nitrogens with zero attached hydrogens (tertiary/aromatic N) is 2. The maximum absolute atomic E-state index is 11.3. The number of benzene rings is 1. The summed E-state index contributed by atoms with van der Waals surface area (Å²) in [6.07, 6.45) is 3.68. The largest absolute Gasteiger partial charge is 0.377 e. The van der Waals surface area contributed by atoms with Crippen molar-refractivity contribution in [2.75, 3.05) is 36.9 Å². The molecule has 142 valence electrons.